The van der Waals surface area contributed by atoms with Gasteiger partial charge in [0.05, 0.1) is 0 Å². The average Bonchev–Trinajstić information content (AvgIpc) is 2.16. The zero-order valence-electron chi connectivity index (χ0n) is 8.05. The number of hydrogen-bond acceptors (Lipinski definition) is 2. The number of alkyl halides is 1. The van der Waals surface area contributed by atoms with E-state index in [-0.39, 0.29) is 0 Å². The molecule has 0 radical (unpaired) electrons. The van der Waals surface area contributed by atoms with Gasteiger partial charge in [0.2, 0.25) is 0 Å². The zero-order chi connectivity index (χ0) is 9.68. The molecule has 0 amide bonds. The lowest BCUT2D eigenvalue weighted by atomic mass is 10.2. The Morgan fingerprint density at radius 3 is 3.00 bits per heavy atom. The van der Waals surface area contributed by atoms with Crippen LogP contribution in [0.25, 0.3) is 0 Å². The number of anilines is 1. The third-order valence-corrected chi connectivity index (χ3v) is 2.42. The van der Waals surface area contributed by atoms with Gasteiger partial charge in [-0.3, -0.25) is 0 Å². The van der Waals surface area contributed by atoms with Crippen LogP contribution in [0.2, 0.25) is 0 Å². The Labute approximate surface area is 84.3 Å². The van der Waals surface area contributed by atoms with E-state index in [9.17, 15) is 0 Å². The molecule has 0 aliphatic carbocycles. The molecule has 1 N–H and O–H groups in total. The summed E-state index contributed by atoms with van der Waals surface area (Å²) in [5, 5.41) is 3.27. The van der Waals surface area contributed by atoms with Crippen molar-refractivity contribution < 1.29 is 0 Å². The molecule has 1 aromatic heterocycles. The minimum atomic E-state index is 0.475. The molecular formula is C10H15ClN2. The second-order valence-corrected chi connectivity index (χ2v) is 3.62. The number of nitrogens with zero attached hydrogens (tertiary/aromatic N) is 1. The molecule has 3 heteroatoms. The summed E-state index contributed by atoms with van der Waals surface area (Å²) < 4.78 is 0. The highest BCUT2D eigenvalue weighted by Gasteiger charge is 2.01. The Morgan fingerprint density at radius 1 is 1.62 bits per heavy atom. The zero-order valence-corrected chi connectivity index (χ0v) is 8.80. The van der Waals surface area contributed by atoms with Crippen molar-refractivity contribution in [2.24, 2.45) is 5.92 Å². The van der Waals surface area contributed by atoms with Crippen LogP contribution in [0.15, 0.2) is 18.3 Å². The number of aromatic nitrogens is 1. The van der Waals surface area contributed by atoms with Gasteiger partial charge in [-0.05, 0) is 24.5 Å². The molecule has 0 saturated carbocycles. The van der Waals surface area contributed by atoms with E-state index in [1.165, 1.54) is 5.56 Å². The fourth-order valence-electron chi connectivity index (χ4n) is 0.996. The maximum atomic E-state index is 5.70. The second-order valence-electron chi connectivity index (χ2n) is 3.31. The van der Waals surface area contributed by atoms with Crippen LogP contribution in [0.1, 0.15) is 12.5 Å². The van der Waals surface area contributed by atoms with Gasteiger partial charge in [-0.15, -0.1) is 11.6 Å². The summed E-state index contributed by atoms with van der Waals surface area (Å²) in [5.74, 6) is 2.11. The van der Waals surface area contributed by atoms with Gasteiger partial charge >= 0.3 is 0 Å². The third kappa shape index (κ3) is 3.23. The Morgan fingerprint density at radius 2 is 2.38 bits per heavy atom. The van der Waals surface area contributed by atoms with Crippen molar-refractivity contribution >= 4 is 17.4 Å². The van der Waals surface area contributed by atoms with Gasteiger partial charge in [0.1, 0.15) is 5.82 Å². The van der Waals surface area contributed by atoms with Crippen molar-refractivity contribution in [1.29, 1.82) is 0 Å². The molecule has 1 aromatic rings. The first kappa shape index (κ1) is 10.3. The van der Waals surface area contributed by atoms with Crippen LogP contribution < -0.4 is 5.32 Å². The lowest BCUT2D eigenvalue weighted by Gasteiger charge is -2.11. The first-order chi connectivity index (χ1) is 6.24. The third-order valence-electron chi connectivity index (χ3n) is 1.89. The summed E-state index contributed by atoms with van der Waals surface area (Å²) in [7, 11) is 0. The summed E-state index contributed by atoms with van der Waals surface area (Å²) in [4.78, 5) is 4.23. The van der Waals surface area contributed by atoms with E-state index < -0.39 is 0 Å². The number of nitrogens with one attached hydrogen (secondary N) is 1. The first-order valence-corrected chi connectivity index (χ1v) is 4.99. The normalized spacial score (nSPS) is 12.5. The number of pyridine rings is 1. The Balaban J connectivity index is 2.50. The highest BCUT2D eigenvalue weighted by atomic mass is 35.5. The van der Waals surface area contributed by atoms with Gasteiger partial charge in [0.15, 0.2) is 0 Å². The van der Waals surface area contributed by atoms with Crippen molar-refractivity contribution in [1.82, 2.24) is 4.98 Å². The number of halogens is 1. The fourth-order valence-corrected chi connectivity index (χ4v) is 1.11. The number of rotatable bonds is 4. The van der Waals surface area contributed by atoms with E-state index in [0.717, 1.165) is 12.4 Å². The number of aryl methyl sites for hydroxylation is 1. The lowest BCUT2D eigenvalue weighted by molar-refractivity contribution is 0.694. The summed E-state index contributed by atoms with van der Waals surface area (Å²) in [5.41, 5.74) is 1.17. The topological polar surface area (TPSA) is 24.9 Å². The molecule has 2 nitrogen and oxygen atoms in total. The summed E-state index contributed by atoms with van der Waals surface area (Å²) in [6.45, 7) is 5.03. The van der Waals surface area contributed by atoms with Crippen LogP contribution in [-0.2, 0) is 0 Å². The van der Waals surface area contributed by atoms with Crippen molar-refractivity contribution in [3.05, 3.63) is 23.9 Å². The van der Waals surface area contributed by atoms with Crippen LogP contribution in [0, 0.1) is 12.8 Å². The van der Waals surface area contributed by atoms with Crippen molar-refractivity contribution in [2.75, 3.05) is 17.7 Å². The quantitative estimate of drug-likeness (QED) is 0.753. The molecule has 0 aliphatic rings. The van der Waals surface area contributed by atoms with Crippen LogP contribution in [-0.4, -0.2) is 17.4 Å². The minimum Gasteiger partial charge on any atom is -0.370 e. The lowest BCUT2D eigenvalue weighted by Crippen LogP contribution is -2.13. The Kier molecular flexibility index (Phi) is 4.03. The average molecular weight is 199 g/mol. The van der Waals surface area contributed by atoms with Gasteiger partial charge in [-0.1, -0.05) is 13.0 Å². The molecule has 13 heavy (non-hydrogen) atoms. The molecule has 1 atom stereocenters. The van der Waals surface area contributed by atoms with E-state index in [1.807, 2.05) is 19.1 Å². The van der Waals surface area contributed by atoms with Gasteiger partial charge in [-0.25, -0.2) is 4.98 Å². The van der Waals surface area contributed by atoms with Crippen LogP contribution >= 0.6 is 11.6 Å². The monoisotopic (exact) mass is 198 g/mol. The molecular weight excluding hydrogens is 184 g/mol. The SMILES string of the molecule is Cc1cccnc1NCC(C)CCl. The van der Waals surface area contributed by atoms with E-state index in [1.54, 1.807) is 6.20 Å². The molecule has 1 heterocycles. The molecule has 1 unspecified atom stereocenters. The van der Waals surface area contributed by atoms with Crippen molar-refractivity contribution in [3.63, 3.8) is 0 Å². The van der Waals surface area contributed by atoms with E-state index in [2.05, 4.69) is 17.2 Å². The minimum absolute atomic E-state index is 0.475. The highest BCUT2D eigenvalue weighted by molar-refractivity contribution is 6.18. The molecule has 0 aliphatic heterocycles. The fraction of sp³-hybridized carbons (Fsp3) is 0.500. The number of hydrogen-bond donors (Lipinski definition) is 1. The molecule has 1 rings (SSSR count). The largest absolute Gasteiger partial charge is 0.370 e. The van der Waals surface area contributed by atoms with Gasteiger partial charge < -0.3 is 5.32 Å². The maximum absolute atomic E-state index is 5.70. The molecule has 0 aromatic carbocycles. The summed E-state index contributed by atoms with van der Waals surface area (Å²) >= 11 is 5.70. The second kappa shape index (κ2) is 5.07. The van der Waals surface area contributed by atoms with Crippen LogP contribution in [0.5, 0.6) is 0 Å². The predicted molar refractivity (Wildman–Crippen MR) is 57.3 cm³/mol. The van der Waals surface area contributed by atoms with Crippen LogP contribution in [0.3, 0.4) is 0 Å². The molecule has 72 valence electrons. The smallest absolute Gasteiger partial charge is 0.128 e. The molecule has 0 bridgehead atoms. The Bertz CT molecular complexity index is 263. The molecule has 0 saturated heterocycles. The van der Waals surface area contributed by atoms with E-state index >= 15 is 0 Å². The molecule has 0 spiro atoms. The summed E-state index contributed by atoms with van der Waals surface area (Å²) in [6, 6.07) is 3.98. The van der Waals surface area contributed by atoms with Crippen molar-refractivity contribution in [2.45, 2.75) is 13.8 Å². The van der Waals surface area contributed by atoms with E-state index in [0.29, 0.717) is 11.8 Å². The summed E-state index contributed by atoms with van der Waals surface area (Å²) in [6.07, 6.45) is 1.79. The molecule has 0 fully saturated rings. The van der Waals surface area contributed by atoms with Gasteiger partial charge in [-0.2, -0.15) is 0 Å². The van der Waals surface area contributed by atoms with Gasteiger partial charge in [0, 0.05) is 18.6 Å². The highest BCUT2D eigenvalue weighted by Crippen LogP contribution is 2.10. The first-order valence-electron chi connectivity index (χ1n) is 4.45. The maximum Gasteiger partial charge on any atom is 0.128 e. The van der Waals surface area contributed by atoms with Crippen LogP contribution in [0.4, 0.5) is 5.82 Å². The van der Waals surface area contributed by atoms with E-state index in [4.69, 9.17) is 11.6 Å². The van der Waals surface area contributed by atoms with Crippen molar-refractivity contribution in [3.8, 4) is 0 Å². The predicted octanol–water partition coefficient (Wildman–Crippen LogP) is 2.68. The van der Waals surface area contributed by atoms with Gasteiger partial charge in [0.25, 0.3) is 0 Å². The Hall–Kier alpha value is -0.760. The standard InChI is InChI=1S/C10H15ClN2/c1-8(6-11)7-13-10-9(2)4-3-5-12-10/h3-5,8H,6-7H2,1-2H3,(H,12,13).